The van der Waals surface area contributed by atoms with Gasteiger partial charge in [0.25, 0.3) is 5.69 Å². The number of aromatic nitrogens is 2. The van der Waals surface area contributed by atoms with Crippen LogP contribution in [0.25, 0.3) is 21.3 Å². The highest BCUT2D eigenvalue weighted by Gasteiger charge is 2.21. The van der Waals surface area contributed by atoms with Crippen molar-refractivity contribution in [3.63, 3.8) is 0 Å². The van der Waals surface area contributed by atoms with Crippen LogP contribution < -0.4 is 10.2 Å². The van der Waals surface area contributed by atoms with Gasteiger partial charge >= 0.3 is 0 Å². The summed E-state index contributed by atoms with van der Waals surface area (Å²) >= 11 is 7.63. The molecule has 1 aromatic carbocycles. The van der Waals surface area contributed by atoms with E-state index < -0.39 is 0 Å². The van der Waals surface area contributed by atoms with Gasteiger partial charge in [-0.1, -0.05) is 12.1 Å². The SMILES string of the molecule is O=[N+]([O-])c1cccc(-c2csc3nc(Cl)nc(N4CCCNCC4)c23)c1. The molecular weight excluding hydrogens is 374 g/mol. The van der Waals surface area contributed by atoms with Crippen LogP contribution in [0.3, 0.4) is 0 Å². The van der Waals surface area contributed by atoms with Crippen molar-refractivity contribution < 1.29 is 4.92 Å². The van der Waals surface area contributed by atoms with Gasteiger partial charge in [0.2, 0.25) is 5.28 Å². The largest absolute Gasteiger partial charge is 0.355 e. The Kier molecular flexibility index (Phi) is 4.71. The van der Waals surface area contributed by atoms with Crippen LogP contribution in [0.15, 0.2) is 29.6 Å². The number of hydrogen-bond donors (Lipinski definition) is 1. The number of fused-ring (bicyclic) bond motifs is 1. The first-order valence-corrected chi connectivity index (χ1v) is 9.54. The van der Waals surface area contributed by atoms with Crippen LogP contribution in [-0.4, -0.2) is 41.1 Å². The lowest BCUT2D eigenvalue weighted by Gasteiger charge is -2.22. The number of nitro groups is 1. The Balaban J connectivity index is 1.89. The van der Waals surface area contributed by atoms with E-state index in [0.717, 1.165) is 59.8 Å². The molecular formula is C17H16ClN5O2S. The molecule has 3 heterocycles. The van der Waals surface area contributed by atoms with E-state index in [0.29, 0.717) is 0 Å². The van der Waals surface area contributed by atoms with Gasteiger partial charge in [0, 0.05) is 42.7 Å². The number of thiophene rings is 1. The van der Waals surface area contributed by atoms with Crippen molar-refractivity contribution in [2.45, 2.75) is 6.42 Å². The number of nitrogens with one attached hydrogen (secondary N) is 1. The Morgan fingerprint density at radius 3 is 3.00 bits per heavy atom. The van der Waals surface area contributed by atoms with Gasteiger partial charge in [-0.25, -0.2) is 4.98 Å². The summed E-state index contributed by atoms with van der Waals surface area (Å²) in [5.74, 6) is 0.798. The smallest absolute Gasteiger partial charge is 0.270 e. The summed E-state index contributed by atoms with van der Waals surface area (Å²) in [5, 5.41) is 17.6. The molecule has 0 spiro atoms. The van der Waals surface area contributed by atoms with Crippen LogP contribution in [0.1, 0.15) is 6.42 Å². The summed E-state index contributed by atoms with van der Waals surface area (Å²) in [5.41, 5.74) is 1.75. The van der Waals surface area contributed by atoms with Gasteiger partial charge in [-0.05, 0) is 30.1 Å². The van der Waals surface area contributed by atoms with Gasteiger partial charge in [-0.15, -0.1) is 11.3 Å². The second-order valence-electron chi connectivity index (χ2n) is 6.04. The Bertz CT molecular complexity index is 969. The molecule has 0 atom stereocenters. The van der Waals surface area contributed by atoms with Crippen LogP contribution in [0.5, 0.6) is 0 Å². The van der Waals surface area contributed by atoms with Crippen molar-refractivity contribution in [1.29, 1.82) is 0 Å². The maximum atomic E-state index is 11.1. The molecule has 134 valence electrons. The van der Waals surface area contributed by atoms with Crippen LogP contribution in [0, 0.1) is 10.1 Å². The maximum absolute atomic E-state index is 11.1. The average Bonchev–Trinajstić information content (AvgIpc) is 2.87. The molecule has 0 aliphatic carbocycles. The third kappa shape index (κ3) is 3.23. The number of halogens is 1. The number of non-ortho nitro benzene ring substituents is 1. The third-order valence-electron chi connectivity index (χ3n) is 4.39. The van der Waals surface area contributed by atoms with Crippen molar-refractivity contribution in [2.24, 2.45) is 0 Å². The molecule has 0 unspecified atom stereocenters. The van der Waals surface area contributed by atoms with Gasteiger partial charge in [-0.3, -0.25) is 10.1 Å². The number of nitro benzene ring substituents is 1. The number of hydrogen-bond acceptors (Lipinski definition) is 7. The monoisotopic (exact) mass is 389 g/mol. The second-order valence-corrected chi connectivity index (χ2v) is 7.24. The molecule has 1 saturated heterocycles. The van der Waals surface area contributed by atoms with Crippen molar-refractivity contribution in [2.75, 3.05) is 31.1 Å². The Morgan fingerprint density at radius 2 is 2.15 bits per heavy atom. The molecule has 1 N–H and O–H groups in total. The van der Waals surface area contributed by atoms with Crippen molar-refractivity contribution in [3.05, 3.63) is 45.0 Å². The van der Waals surface area contributed by atoms with Crippen molar-refractivity contribution in [1.82, 2.24) is 15.3 Å². The number of benzene rings is 1. The minimum Gasteiger partial charge on any atom is -0.355 e. The maximum Gasteiger partial charge on any atom is 0.270 e. The Morgan fingerprint density at radius 1 is 1.27 bits per heavy atom. The van der Waals surface area contributed by atoms with E-state index in [4.69, 9.17) is 11.6 Å². The first kappa shape index (κ1) is 17.1. The standard InChI is InChI=1S/C17H16ClN5O2S/c18-17-20-15(22-7-2-5-19-6-8-22)14-13(10-26-16(14)21-17)11-3-1-4-12(9-11)23(24)25/h1,3-4,9-10,19H,2,5-8H2. The normalized spacial score (nSPS) is 15.2. The molecule has 1 fully saturated rings. The van der Waals surface area contributed by atoms with Crippen LogP contribution in [0.4, 0.5) is 11.5 Å². The van der Waals surface area contributed by atoms with Crippen molar-refractivity contribution >= 4 is 44.7 Å². The Labute approximate surface area is 158 Å². The molecule has 7 nitrogen and oxygen atoms in total. The molecule has 0 radical (unpaired) electrons. The van der Waals surface area contributed by atoms with Crippen LogP contribution in [0.2, 0.25) is 5.28 Å². The van der Waals surface area contributed by atoms with Crippen LogP contribution >= 0.6 is 22.9 Å². The van der Waals surface area contributed by atoms with Gasteiger partial charge in [0.1, 0.15) is 10.6 Å². The highest BCUT2D eigenvalue weighted by molar-refractivity contribution is 7.17. The number of rotatable bonds is 3. The molecule has 1 aliphatic rings. The fourth-order valence-corrected chi connectivity index (χ4v) is 4.34. The van der Waals surface area contributed by atoms with E-state index in [9.17, 15) is 10.1 Å². The summed E-state index contributed by atoms with van der Waals surface area (Å²) in [6, 6.07) is 6.65. The van der Waals surface area contributed by atoms with Crippen molar-refractivity contribution in [3.8, 4) is 11.1 Å². The third-order valence-corrected chi connectivity index (χ3v) is 5.44. The summed E-state index contributed by atoms with van der Waals surface area (Å²) in [7, 11) is 0. The minimum atomic E-state index is -0.382. The van der Waals surface area contributed by atoms with Gasteiger partial charge in [0.05, 0.1) is 10.3 Å². The lowest BCUT2D eigenvalue weighted by atomic mass is 10.1. The first-order valence-electron chi connectivity index (χ1n) is 8.29. The van der Waals surface area contributed by atoms with E-state index in [2.05, 4.69) is 20.2 Å². The molecule has 0 saturated carbocycles. The van der Waals surface area contributed by atoms with E-state index in [1.807, 2.05) is 11.4 Å². The lowest BCUT2D eigenvalue weighted by molar-refractivity contribution is -0.384. The van der Waals surface area contributed by atoms with Gasteiger partial charge in [0.15, 0.2) is 0 Å². The summed E-state index contributed by atoms with van der Waals surface area (Å²) in [4.78, 5) is 22.6. The molecule has 4 rings (SSSR count). The van der Waals surface area contributed by atoms with Crippen LogP contribution in [-0.2, 0) is 0 Å². The predicted molar refractivity (Wildman–Crippen MR) is 104 cm³/mol. The van der Waals surface area contributed by atoms with Gasteiger partial charge < -0.3 is 10.2 Å². The van der Waals surface area contributed by atoms with E-state index in [1.165, 1.54) is 17.4 Å². The average molecular weight is 390 g/mol. The summed E-state index contributed by atoms with van der Waals surface area (Å²) < 4.78 is 0. The molecule has 0 amide bonds. The molecule has 1 aliphatic heterocycles. The quantitative estimate of drug-likeness (QED) is 0.417. The fraction of sp³-hybridized carbons (Fsp3) is 0.294. The second kappa shape index (κ2) is 7.14. The predicted octanol–water partition coefficient (Wildman–Crippen LogP) is 3.72. The minimum absolute atomic E-state index is 0.0669. The summed E-state index contributed by atoms with van der Waals surface area (Å²) in [6.07, 6.45) is 1.01. The van der Waals surface area contributed by atoms with Gasteiger partial charge in [-0.2, -0.15) is 4.98 Å². The highest BCUT2D eigenvalue weighted by Crippen LogP contribution is 2.39. The topological polar surface area (TPSA) is 84.2 Å². The zero-order valence-electron chi connectivity index (χ0n) is 13.8. The summed E-state index contributed by atoms with van der Waals surface area (Å²) in [6.45, 7) is 3.55. The molecule has 26 heavy (non-hydrogen) atoms. The zero-order chi connectivity index (χ0) is 18.1. The fourth-order valence-electron chi connectivity index (χ4n) is 3.18. The molecule has 3 aromatic rings. The first-order chi connectivity index (χ1) is 12.6. The molecule has 9 heteroatoms. The highest BCUT2D eigenvalue weighted by atomic mass is 35.5. The van der Waals surface area contributed by atoms with E-state index in [1.54, 1.807) is 12.1 Å². The zero-order valence-corrected chi connectivity index (χ0v) is 15.4. The van der Waals surface area contributed by atoms with E-state index in [-0.39, 0.29) is 15.9 Å². The molecule has 0 bridgehead atoms. The number of nitrogens with zero attached hydrogens (tertiary/aromatic N) is 4. The number of anilines is 1. The Hall–Kier alpha value is -2.29. The van der Waals surface area contributed by atoms with E-state index >= 15 is 0 Å². The molecule has 2 aromatic heterocycles. The lowest BCUT2D eigenvalue weighted by Crippen LogP contribution is -2.28.